The molecule has 31 heavy (non-hydrogen) atoms. The molecule has 0 aliphatic rings. The SMILES string of the molecule is CCCn1c(=O)[nH]c(=O)n(-c2cc(Cl)c(Oc3ccc(C(F)(F)F)cc3)c(Cl)c2)c1=O. The summed E-state index contributed by atoms with van der Waals surface area (Å²) in [5.41, 5.74) is -3.57. The van der Waals surface area contributed by atoms with Gasteiger partial charge in [0, 0.05) is 6.54 Å². The molecule has 1 aromatic heterocycles. The van der Waals surface area contributed by atoms with Gasteiger partial charge in [0.1, 0.15) is 5.75 Å². The van der Waals surface area contributed by atoms with Crippen LogP contribution in [0.3, 0.4) is 0 Å². The first kappa shape index (κ1) is 22.7. The number of ether oxygens (including phenoxy) is 1. The zero-order valence-electron chi connectivity index (χ0n) is 15.8. The Hall–Kier alpha value is -2.98. The van der Waals surface area contributed by atoms with E-state index < -0.39 is 28.8 Å². The summed E-state index contributed by atoms with van der Waals surface area (Å²) in [4.78, 5) is 38.7. The van der Waals surface area contributed by atoms with Gasteiger partial charge >= 0.3 is 23.2 Å². The van der Waals surface area contributed by atoms with Crippen LogP contribution in [0.1, 0.15) is 18.9 Å². The third-order valence-electron chi connectivity index (χ3n) is 4.17. The molecule has 2 aromatic carbocycles. The van der Waals surface area contributed by atoms with Gasteiger partial charge in [0.05, 0.1) is 21.3 Å². The maximum Gasteiger partial charge on any atom is 0.416 e. The summed E-state index contributed by atoms with van der Waals surface area (Å²) in [6, 6.07) is 6.29. The number of benzene rings is 2. The molecular weight excluding hydrogens is 462 g/mol. The molecule has 0 unspecified atom stereocenters. The van der Waals surface area contributed by atoms with Crippen molar-refractivity contribution in [3.05, 3.63) is 83.5 Å². The van der Waals surface area contributed by atoms with Crippen molar-refractivity contribution in [3.63, 3.8) is 0 Å². The van der Waals surface area contributed by atoms with Gasteiger partial charge in [-0.25, -0.2) is 23.5 Å². The lowest BCUT2D eigenvalue weighted by Gasteiger charge is -2.14. The van der Waals surface area contributed by atoms with Crippen molar-refractivity contribution in [2.24, 2.45) is 0 Å². The van der Waals surface area contributed by atoms with E-state index in [2.05, 4.69) is 0 Å². The number of rotatable bonds is 5. The molecule has 0 bridgehead atoms. The van der Waals surface area contributed by atoms with Gasteiger partial charge in [-0.3, -0.25) is 4.98 Å². The lowest BCUT2D eigenvalue weighted by Crippen LogP contribution is -2.48. The van der Waals surface area contributed by atoms with E-state index in [1.807, 2.05) is 4.98 Å². The van der Waals surface area contributed by atoms with E-state index in [0.29, 0.717) is 11.0 Å². The number of hydrogen-bond donors (Lipinski definition) is 1. The molecule has 0 spiro atoms. The molecule has 164 valence electrons. The molecule has 0 amide bonds. The number of alkyl halides is 3. The molecule has 0 aliphatic heterocycles. The fraction of sp³-hybridized carbons (Fsp3) is 0.211. The van der Waals surface area contributed by atoms with Gasteiger partial charge in [0.2, 0.25) is 0 Å². The Morgan fingerprint density at radius 2 is 1.58 bits per heavy atom. The lowest BCUT2D eigenvalue weighted by molar-refractivity contribution is -0.137. The van der Waals surface area contributed by atoms with Crippen molar-refractivity contribution in [1.29, 1.82) is 0 Å². The van der Waals surface area contributed by atoms with Crippen molar-refractivity contribution >= 4 is 23.2 Å². The van der Waals surface area contributed by atoms with Crippen LogP contribution in [0.5, 0.6) is 11.5 Å². The second kappa shape index (κ2) is 8.64. The van der Waals surface area contributed by atoms with E-state index in [-0.39, 0.29) is 33.8 Å². The molecule has 1 N–H and O–H groups in total. The number of halogens is 5. The second-order valence-electron chi connectivity index (χ2n) is 6.37. The maximum absolute atomic E-state index is 12.7. The standard InChI is InChI=1S/C19H14Cl2F3N3O4/c1-2-7-26-16(28)25-17(29)27(18(26)30)11-8-13(20)15(14(21)9-11)31-12-5-3-10(4-6-12)19(22,23)24/h3-6,8-9H,2,7H2,1H3,(H,25,28,29). The van der Waals surface area contributed by atoms with Crippen LogP contribution in [0.15, 0.2) is 50.8 Å². The largest absolute Gasteiger partial charge is 0.454 e. The monoisotopic (exact) mass is 475 g/mol. The highest BCUT2D eigenvalue weighted by Crippen LogP contribution is 2.38. The van der Waals surface area contributed by atoms with Gasteiger partial charge in [-0.2, -0.15) is 13.2 Å². The molecule has 0 atom stereocenters. The fourth-order valence-electron chi connectivity index (χ4n) is 2.76. The molecule has 7 nitrogen and oxygen atoms in total. The smallest absolute Gasteiger partial charge is 0.416 e. The third-order valence-corrected chi connectivity index (χ3v) is 4.74. The van der Waals surface area contributed by atoms with Crippen LogP contribution in [0, 0.1) is 0 Å². The van der Waals surface area contributed by atoms with E-state index in [0.717, 1.165) is 28.8 Å². The molecule has 0 fully saturated rings. The first-order valence-corrected chi connectivity index (χ1v) is 9.59. The number of aromatic amines is 1. The van der Waals surface area contributed by atoms with Crippen LogP contribution in [-0.2, 0) is 12.7 Å². The zero-order valence-corrected chi connectivity index (χ0v) is 17.3. The Bertz CT molecular complexity index is 1270. The van der Waals surface area contributed by atoms with E-state index in [4.69, 9.17) is 27.9 Å². The summed E-state index contributed by atoms with van der Waals surface area (Å²) in [6.45, 7) is 1.84. The normalized spacial score (nSPS) is 11.5. The van der Waals surface area contributed by atoms with Crippen LogP contribution in [0.4, 0.5) is 13.2 Å². The average Bonchev–Trinajstić information content (AvgIpc) is 2.67. The lowest BCUT2D eigenvalue weighted by atomic mass is 10.2. The highest BCUT2D eigenvalue weighted by atomic mass is 35.5. The molecule has 0 saturated carbocycles. The summed E-state index contributed by atoms with van der Waals surface area (Å²) in [6.07, 6.45) is -4.02. The molecule has 1 heterocycles. The molecule has 3 rings (SSSR count). The van der Waals surface area contributed by atoms with Crippen LogP contribution in [-0.4, -0.2) is 14.1 Å². The number of nitrogens with zero attached hydrogens (tertiary/aromatic N) is 2. The number of aromatic nitrogens is 3. The minimum Gasteiger partial charge on any atom is -0.454 e. The van der Waals surface area contributed by atoms with Crippen molar-refractivity contribution < 1.29 is 17.9 Å². The van der Waals surface area contributed by atoms with E-state index in [9.17, 15) is 27.6 Å². The second-order valence-corrected chi connectivity index (χ2v) is 7.18. The predicted octanol–water partition coefficient (Wildman–Crippen LogP) is 4.22. The molecule has 0 saturated heterocycles. The summed E-state index contributed by atoms with van der Waals surface area (Å²) in [5, 5.41) is -0.219. The fourth-order valence-corrected chi connectivity index (χ4v) is 3.31. The van der Waals surface area contributed by atoms with Gasteiger partial charge in [0.15, 0.2) is 5.75 Å². The summed E-state index contributed by atoms with van der Waals surface area (Å²) in [7, 11) is 0. The number of nitrogens with one attached hydrogen (secondary N) is 1. The Morgan fingerprint density at radius 3 is 2.10 bits per heavy atom. The van der Waals surface area contributed by atoms with E-state index >= 15 is 0 Å². The van der Waals surface area contributed by atoms with Gasteiger partial charge < -0.3 is 4.74 Å². The van der Waals surface area contributed by atoms with E-state index in [1.165, 1.54) is 12.1 Å². The van der Waals surface area contributed by atoms with Crippen LogP contribution in [0.2, 0.25) is 10.0 Å². The highest BCUT2D eigenvalue weighted by molar-refractivity contribution is 6.37. The minimum atomic E-state index is -4.50. The van der Waals surface area contributed by atoms with Gasteiger partial charge in [-0.1, -0.05) is 30.1 Å². The Kier molecular flexibility index (Phi) is 6.33. The Labute approximate surface area is 182 Å². The van der Waals surface area contributed by atoms with Crippen molar-refractivity contribution in [3.8, 4) is 17.2 Å². The van der Waals surface area contributed by atoms with Crippen LogP contribution in [0.25, 0.3) is 5.69 Å². The molecule has 12 heteroatoms. The van der Waals surface area contributed by atoms with Crippen LogP contribution < -0.4 is 21.8 Å². The number of hydrogen-bond acceptors (Lipinski definition) is 4. The summed E-state index contributed by atoms with van der Waals surface area (Å²) >= 11 is 12.4. The highest BCUT2D eigenvalue weighted by Gasteiger charge is 2.30. The average molecular weight is 476 g/mol. The van der Waals surface area contributed by atoms with Crippen molar-refractivity contribution in [2.75, 3.05) is 0 Å². The first-order chi connectivity index (χ1) is 14.5. The quantitative estimate of drug-likeness (QED) is 0.598. The molecule has 0 radical (unpaired) electrons. The van der Waals surface area contributed by atoms with Crippen molar-refractivity contribution in [2.45, 2.75) is 26.1 Å². The van der Waals surface area contributed by atoms with E-state index in [1.54, 1.807) is 6.92 Å². The minimum absolute atomic E-state index is 0.0223. The zero-order chi connectivity index (χ0) is 22.9. The number of H-pyrrole nitrogens is 1. The first-order valence-electron chi connectivity index (χ1n) is 8.83. The maximum atomic E-state index is 12.7. The Balaban J connectivity index is 2.02. The third kappa shape index (κ3) is 4.70. The van der Waals surface area contributed by atoms with Crippen molar-refractivity contribution in [1.82, 2.24) is 14.1 Å². The van der Waals surface area contributed by atoms with Gasteiger partial charge in [-0.05, 0) is 42.8 Å². The topological polar surface area (TPSA) is 86.1 Å². The summed E-state index contributed by atoms with van der Waals surface area (Å²) < 4.78 is 45.1. The molecule has 3 aromatic rings. The van der Waals surface area contributed by atoms with Gasteiger partial charge in [0.25, 0.3) is 0 Å². The van der Waals surface area contributed by atoms with Crippen LogP contribution >= 0.6 is 23.2 Å². The molecular formula is C19H14Cl2F3N3O4. The Morgan fingerprint density at radius 1 is 1.00 bits per heavy atom. The predicted molar refractivity (Wildman–Crippen MR) is 109 cm³/mol. The molecule has 0 aliphatic carbocycles. The summed E-state index contributed by atoms with van der Waals surface area (Å²) in [5.74, 6) is -0.0470. The van der Waals surface area contributed by atoms with Gasteiger partial charge in [-0.15, -0.1) is 0 Å².